The molecule has 0 fully saturated rings. The Morgan fingerprint density at radius 3 is 2.19 bits per heavy atom. The fourth-order valence-corrected chi connectivity index (χ4v) is 4.64. The fraction of sp³-hybridized carbons (Fsp3) is 0.571. The first kappa shape index (κ1) is 30.0. The highest BCUT2D eigenvalue weighted by atomic mass is 32.2. The molecule has 36 heavy (non-hydrogen) atoms. The Balaban J connectivity index is 1.92. The number of benzene rings is 1. The van der Waals surface area contributed by atoms with E-state index in [1.54, 1.807) is 6.92 Å². The topological polar surface area (TPSA) is 52.6 Å². The number of rotatable bonds is 11. The number of halogens is 3. The molecule has 202 valence electrons. The number of alkyl halides is 3. The van der Waals surface area contributed by atoms with Crippen LogP contribution in [0.4, 0.5) is 13.2 Å². The average Bonchev–Trinajstić information content (AvgIpc) is 2.73. The van der Waals surface area contributed by atoms with Gasteiger partial charge in [-0.3, -0.25) is 0 Å². The van der Waals surface area contributed by atoms with E-state index in [1.165, 1.54) is 28.9 Å². The molecule has 0 spiro atoms. The van der Waals surface area contributed by atoms with Gasteiger partial charge in [0.05, 0.1) is 0 Å². The molecule has 1 atom stereocenters. The van der Waals surface area contributed by atoms with Gasteiger partial charge in [0.2, 0.25) is 0 Å². The smallest absolute Gasteiger partial charge is 0.487 e. The maximum absolute atomic E-state index is 12.7. The Bertz CT molecular complexity index is 1110. The molecule has 0 saturated heterocycles. The van der Waals surface area contributed by atoms with Crippen molar-refractivity contribution >= 4 is 10.1 Å². The summed E-state index contributed by atoms with van der Waals surface area (Å²) in [5.74, 6) is 0.241. The molecular weight excluding hydrogens is 489 g/mol. The van der Waals surface area contributed by atoms with Gasteiger partial charge < -0.3 is 8.92 Å². The van der Waals surface area contributed by atoms with E-state index in [2.05, 4.69) is 50.1 Å². The lowest BCUT2D eigenvalue weighted by Crippen LogP contribution is -2.36. The molecule has 0 aliphatic carbocycles. The highest BCUT2D eigenvalue weighted by Gasteiger charge is 2.48. The third kappa shape index (κ3) is 9.02. The van der Waals surface area contributed by atoms with Crippen molar-refractivity contribution in [2.45, 2.75) is 104 Å². The Morgan fingerprint density at radius 1 is 1.03 bits per heavy atom. The highest BCUT2D eigenvalue weighted by molar-refractivity contribution is 7.88. The van der Waals surface area contributed by atoms with Gasteiger partial charge in [0.15, 0.2) is 0 Å². The second kappa shape index (κ2) is 12.3. The number of aryl methyl sites for hydroxylation is 2. The summed E-state index contributed by atoms with van der Waals surface area (Å²) in [4.78, 5) is 0. The van der Waals surface area contributed by atoms with Crippen molar-refractivity contribution in [2.24, 2.45) is 0 Å². The molecular formula is C28H39F3O4S. The molecule has 0 radical (unpaired) electrons. The molecule has 0 amide bonds. The molecule has 0 bridgehead atoms. The van der Waals surface area contributed by atoms with Gasteiger partial charge in [0, 0.05) is 0 Å². The number of hydrogen-bond acceptors (Lipinski definition) is 4. The van der Waals surface area contributed by atoms with Crippen LogP contribution in [0.15, 0.2) is 47.1 Å². The standard InChI is InChI=1S/C28H39F3O4S/c1-20(2)10-7-11-21(3)12-8-13-22(4)14-9-16-27(6)17-15-24-19-25(18-23(5)26(24)34-27)35-36(32,33)28(29,30)31/h10,12,14,18-19H,7-9,11,13,15-17H2,1-6H3/b21-12+,22-14+/t27-/m1/s1. The lowest BCUT2D eigenvalue weighted by Gasteiger charge is -2.37. The van der Waals surface area contributed by atoms with E-state index in [1.807, 2.05) is 6.92 Å². The summed E-state index contributed by atoms with van der Waals surface area (Å²) in [6, 6.07) is 2.59. The summed E-state index contributed by atoms with van der Waals surface area (Å²) in [6.45, 7) is 12.3. The molecule has 1 aliphatic rings. The third-order valence-corrected chi connectivity index (χ3v) is 7.35. The predicted molar refractivity (Wildman–Crippen MR) is 139 cm³/mol. The van der Waals surface area contributed by atoms with Gasteiger partial charge in [-0.25, -0.2) is 0 Å². The number of allylic oxidation sites excluding steroid dienone is 6. The van der Waals surface area contributed by atoms with Crippen LogP contribution in [0.1, 0.15) is 90.7 Å². The Labute approximate surface area is 214 Å². The van der Waals surface area contributed by atoms with Gasteiger partial charge in [-0.1, -0.05) is 34.9 Å². The number of hydrogen-bond donors (Lipinski definition) is 0. The van der Waals surface area contributed by atoms with Crippen LogP contribution in [0.3, 0.4) is 0 Å². The van der Waals surface area contributed by atoms with Crippen LogP contribution in [0.25, 0.3) is 0 Å². The first-order valence-electron chi connectivity index (χ1n) is 12.4. The van der Waals surface area contributed by atoms with E-state index < -0.39 is 21.2 Å². The molecule has 8 heteroatoms. The van der Waals surface area contributed by atoms with Crippen LogP contribution in [0.2, 0.25) is 0 Å². The Hall–Kier alpha value is -2.22. The second-order valence-electron chi connectivity index (χ2n) is 10.3. The van der Waals surface area contributed by atoms with E-state index >= 15 is 0 Å². The van der Waals surface area contributed by atoms with E-state index in [0.29, 0.717) is 29.7 Å². The number of fused-ring (bicyclic) bond motifs is 1. The van der Waals surface area contributed by atoms with Gasteiger partial charge in [-0.2, -0.15) is 21.6 Å². The summed E-state index contributed by atoms with van der Waals surface area (Å²) in [6.07, 6.45) is 14.0. The molecule has 2 rings (SSSR count). The SMILES string of the molecule is CC(C)=CCC/C(C)=C/CC/C(C)=C/CC[C@]1(C)CCc2cc(OS(=O)(=O)C(F)(F)F)cc(C)c2O1. The molecule has 1 aliphatic heterocycles. The molecule has 4 nitrogen and oxygen atoms in total. The summed E-state index contributed by atoms with van der Waals surface area (Å²) >= 11 is 0. The van der Waals surface area contributed by atoms with E-state index in [4.69, 9.17) is 4.74 Å². The van der Waals surface area contributed by atoms with E-state index in [9.17, 15) is 21.6 Å². The minimum atomic E-state index is -5.71. The van der Waals surface area contributed by atoms with Gasteiger partial charge in [-0.05, 0) is 116 Å². The van der Waals surface area contributed by atoms with Gasteiger partial charge in [-0.15, -0.1) is 0 Å². The zero-order valence-electron chi connectivity index (χ0n) is 22.2. The molecule has 1 aromatic rings. The molecule has 1 heterocycles. The minimum Gasteiger partial charge on any atom is -0.487 e. The van der Waals surface area contributed by atoms with Crippen molar-refractivity contribution in [3.05, 3.63) is 58.2 Å². The van der Waals surface area contributed by atoms with Gasteiger partial charge >= 0.3 is 15.6 Å². The van der Waals surface area contributed by atoms with Crippen LogP contribution in [0, 0.1) is 6.92 Å². The van der Waals surface area contributed by atoms with Crippen molar-refractivity contribution in [2.75, 3.05) is 0 Å². The maximum atomic E-state index is 12.7. The first-order valence-corrected chi connectivity index (χ1v) is 13.8. The van der Waals surface area contributed by atoms with Crippen LogP contribution < -0.4 is 8.92 Å². The van der Waals surface area contributed by atoms with Crippen molar-refractivity contribution in [3.63, 3.8) is 0 Å². The van der Waals surface area contributed by atoms with Gasteiger partial charge in [0.1, 0.15) is 17.1 Å². The summed E-state index contributed by atoms with van der Waals surface area (Å²) in [7, 11) is -5.71. The van der Waals surface area contributed by atoms with Crippen molar-refractivity contribution in [1.82, 2.24) is 0 Å². The van der Waals surface area contributed by atoms with Crippen molar-refractivity contribution in [3.8, 4) is 11.5 Å². The summed E-state index contributed by atoms with van der Waals surface area (Å²) in [5, 5.41) is 0. The van der Waals surface area contributed by atoms with Crippen molar-refractivity contribution in [1.29, 1.82) is 0 Å². The third-order valence-electron chi connectivity index (χ3n) is 6.37. The highest BCUT2D eigenvalue weighted by Crippen LogP contribution is 2.41. The monoisotopic (exact) mass is 528 g/mol. The largest absolute Gasteiger partial charge is 0.534 e. The molecule has 0 N–H and O–H groups in total. The predicted octanol–water partition coefficient (Wildman–Crippen LogP) is 8.51. The quantitative estimate of drug-likeness (QED) is 0.164. The number of ether oxygens (including phenoxy) is 1. The lowest BCUT2D eigenvalue weighted by molar-refractivity contribution is -0.0500. The van der Waals surface area contributed by atoms with E-state index in [-0.39, 0.29) is 5.75 Å². The van der Waals surface area contributed by atoms with Crippen LogP contribution in [-0.4, -0.2) is 19.5 Å². The minimum absolute atomic E-state index is 0.351. The van der Waals surface area contributed by atoms with E-state index in [0.717, 1.165) is 38.5 Å². The first-order chi connectivity index (χ1) is 16.6. The fourth-order valence-electron chi connectivity index (χ4n) is 4.20. The molecule has 0 aromatic heterocycles. The second-order valence-corrected chi connectivity index (χ2v) is 11.8. The Morgan fingerprint density at radius 2 is 1.61 bits per heavy atom. The van der Waals surface area contributed by atoms with Crippen LogP contribution in [-0.2, 0) is 16.5 Å². The zero-order valence-corrected chi connectivity index (χ0v) is 23.0. The molecule has 0 unspecified atom stereocenters. The van der Waals surface area contributed by atoms with Gasteiger partial charge in [0.25, 0.3) is 0 Å². The molecule has 1 aromatic carbocycles. The summed E-state index contributed by atoms with van der Waals surface area (Å²) in [5.41, 5.74) is -0.573. The average molecular weight is 529 g/mol. The maximum Gasteiger partial charge on any atom is 0.534 e. The normalized spacial score (nSPS) is 18.9. The summed E-state index contributed by atoms with van der Waals surface area (Å²) < 4.78 is 71.3. The van der Waals surface area contributed by atoms with Crippen molar-refractivity contribution < 1.29 is 30.5 Å². The zero-order chi connectivity index (χ0) is 27.1. The Kier molecular flexibility index (Phi) is 10.3. The lowest BCUT2D eigenvalue weighted by atomic mass is 9.87. The molecule has 0 saturated carbocycles. The van der Waals surface area contributed by atoms with Crippen LogP contribution in [0.5, 0.6) is 11.5 Å². The van der Waals surface area contributed by atoms with Crippen LogP contribution >= 0.6 is 0 Å².